The van der Waals surface area contributed by atoms with Crippen molar-refractivity contribution < 1.29 is 9.59 Å². The molecule has 8 aromatic rings. The smallest absolute Gasteiger partial charge is 0.335 e. The van der Waals surface area contributed by atoms with Crippen LogP contribution in [0.4, 0.5) is 22.7 Å². The monoisotopic (exact) mass is 890 g/mol. The average molecular weight is 891 g/mol. The Kier molecular flexibility index (Phi) is 10.3. The highest BCUT2D eigenvalue weighted by molar-refractivity contribution is 7.12. The van der Waals surface area contributed by atoms with Crippen molar-refractivity contribution in [3.05, 3.63) is 136 Å². The molecule has 0 radical (unpaired) electrons. The highest BCUT2D eigenvalue weighted by Gasteiger charge is 2.45. The number of carbonyl (C=O) groups excluding carboxylic acids is 2. The summed E-state index contributed by atoms with van der Waals surface area (Å²) in [5.41, 5.74) is 7.95. The molecule has 0 saturated carbocycles. The van der Waals surface area contributed by atoms with Crippen molar-refractivity contribution in [1.82, 2.24) is 49.5 Å². The summed E-state index contributed by atoms with van der Waals surface area (Å²) in [5, 5.41) is 22.1. The number of nitrogens with one attached hydrogen (secondary N) is 4. The van der Waals surface area contributed by atoms with Crippen LogP contribution in [0.1, 0.15) is 32.6 Å². The third kappa shape index (κ3) is 7.21. The second kappa shape index (κ2) is 16.6. The first-order chi connectivity index (χ1) is 31.4. The van der Waals surface area contributed by atoms with E-state index in [-0.39, 0.29) is 29.2 Å². The molecule has 2 aromatic carbocycles. The third-order valence-electron chi connectivity index (χ3n) is 12.4. The lowest BCUT2D eigenvalue weighted by molar-refractivity contribution is 0.101. The molecule has 2 amide bonds. The number of nitrogens with zero attached hydrogens (tertiary/aromatic N) is 10. The van der Waals surface area contributed by atoms with Gasteiger partial charge in [0.25, 0.3) is 11.8 Å². The van der Waals surface area contributed by atoms with Crippen LogP contribution in [0.3, 0.4) is 0 Å². The van der Waals surface area contributed by atoms with Gasteiger partial charge in [-0.25, -0.2) is 24.0 Å². The molecule has 11 rings (SSSR count). The van der Waals surface area contributed by atoms with E-state index in [0.29, 0.717) is 39.2 Å². The molecule has 6 aromatic heterocycles. The number of fused-ring (bicyclic) bond motifs is 2. The number of thiazole rings is 2. The number of anilines is 4. The number of imidazole rings is 1. The number of amides is 2. The minimum absolute atomic E-state index is 0.0402. The van der Waals surface area contributed by atoms with Gasteiger partial charge in [-0.2, -0.15) is 5.10 Å². The number of aromatic nitrogens is 8. The molecule has 3 saturated heterocycles. The Morgan fingerprint density at radius 1 is 0.750 bits per heavy atom. The number of rotatable bonds is 10. The summed E-state index contributed by atoms with van der Waals surface area (Å²) >= 11 is 2.60. The molecule has 17 nitrogen and oxygen atoms in total. The predicted molar refractivity (Wildman–Crippen MR) is 248 cm³/mol. The summed E-state index contributed by atoms with van der Waals surface area (Å²) in [6, 6.07) is 20.0. The van der Waals surface area contributed by atoms with E-state index in [9.17, 15) is 14.4 Å². The SMILES string of the molecule is Cn1c(=O)n(-c2nc(C(=O)Nc3cnccc3N3CC4CNCC4C3c3ccc(-c4cnn(-c5nc(C(=O)Nc6cnccc6N6CCNCC6)cs5)c4)cc3)cs2)c2ccccc21. The van der Waals surface area contributed by atoms with E-state index in [0.717, 1.165) is 84.9 Å². The highest BCUT2D eigenvalue weighted by Crippen LogP contribution is 2.47. The van der Waals surface area contributed by atoms with E-state index in [2.05, 4.69) is 80.4 Å². The van der Waals surface area contributed by atoms with Crippen molar-refractivity contribution in [2.75, 3.05) is 66.2 Å². The van der Waals surface area contributed by atoms with Gasteiger partial charge in [0.2, 0.25) is 5.13 Å². The fourth-order valence-electron chi connectivity index (χ4n) is 9.24. The number of benzene rings is 2. The molecule has 3 atom stereocenters. The minimum atomic E-state index is -0.380. The fourth-order valence-corrected chi connectivity index (χ4v) is 10.8. The number of carbonyl (C=O) groups is 2. The zero-order chi connectivity index (χ0) is 43.3. The van der Waals surface area contributed by atoms with Crippen LogP contribution in [0.5, 0.6) is 0 Å². The molecule has 0 aliphatic carbocycles. The van der Waals surface area contributed by atoms with Crippen molar-refractivity contribution in [2.45, 2.75) is 6.04 Å². The lowest BCUT2D eigenvalue weighted by Gasteiger charge is -2.31. The zero-order valence-corrected chi connectivity index (χ0v) is 36.2. The summed E-state index contributed by atoms with van der Waals surface area (Å²) in [6.07, 6.45) is 10.6. The molecule has 0 spiro atoms. The molecule has 64 heavy (non-hydrogen) atoms. The van der Waals surface area contributed by atoms with Crippen LogP contribution < -0.4 is 36.8 Å². The largest absolute Gasteiger partial charge is 0.367 e. The van der Waals surface area contributed by atoms with E-state index >= 15 is 0 Å². The van der Waals surface area contributed by atoms with Gasteiger partial charge in [-0.3, -0.25) is 24.1 Å². The second-order valence-corrected chi connectivity index (χ2v) is 17.8. The molecule has 322 valence electrons. The van der Waals surface area contributed by atoms with E-state index in [1.807, 2.05) is 48.8 Å². The van der Waals surface area contributed by atoms with Gasteiger partial charge in [0.1, 0.15) is 11.4 Å². The molecule has 19 heteroatoms. The number of aryl methyl sites for hydroxylation is 1. The maximum atomic E-state index is 13.8. The number of para-hydroxylation sites is 2. The Balaban J connectivity index is 0.800. The van der Waals surface area contributed by atoms with Gasteiger partial charge >= 0.3 is 5.69 Å². The first-order valence-corrected chi connectivity index (χ1v) is 22.8. The summed E-state index contributed by atoms with van der Waals surface area (Å²) in [7, 11) is 1.73. The van der Waals surface area contributed by atoms with E-state index < -0.39 is 0 Å². The minimum Gasteiger partial charge on any atom is -0.367 e. The average Bonchev–Trinajstić information content (AvgIpc) is 4.20. The molecule has 3 fully saturated rings. The highest BCUT2D eigenvalue weighted by atomic mass is 32.1. The Bertz CT molecular complexity index is 3090. The molecule has 3 unspecified atom stereocenters. The third-order valence-corrected chi connectivity index (χ3v) is 14.0. The maximum absolute atomic E-state index is 13.8. The number of hydrogen-bond acceptors (Lipinski definition) is 14. The summed E-state index contributed by atoms with van der Waals surface area (Å²) in [6.45, 7) is 6.06. The number of hydrogen-bond donors (Lipinski definition) is 4. The van der Waals surface area contributed by atoms with Gasteiger partial charge in [0, 0.05) is 93.7 Å². The summed E-state index contributed by atoms with van der Waals surface area (Å²) < 4.78 is 4.82. The van der Waals surface area contributed by atoms with Gasteiger partial charge in [-0.1, -0.05) is 36.4 Å². The Labute approximate surface area is 374 Å². The summed E-state index contributed by atoms with van der Waals surface area (Å²) in [5.74, 6) is 0.0910. The second-order valence-electron chi connectivity index (χ2n) is 16.1. The normalized spacial score (nSPS) is 18.4. The Morgan fingerprint density at radius 2 is 1.42 bits per heavy atom. The van der Waals surface area contributed by atoms with Gasteiger partial charge in [-0.15, -0.1) is 22.7 Å². The molecule has 9 heterocycles. The van der Waals surface area contributed by atoms with E-state index in [4.69, 9.17) is 0 Å². The number of piperazine rings is 1. The van der Waals surface area contributed by atoms with Crippen LogP contribution in [0.2, 0.25) is 0 Å². The standard InChI is InChI=1S/C45H42N14O3S2/c1-55-38-4-2-3-5-39(38)59(45(55)62)44-54-35(26-64-44)42(61)52-33-22-48-13-11-37(33)57-23-30-18-49-20-31(30)40(57)28-8-6-27(7-9-28)29-19-50-58(24-29)43-53-34(25-63-43)41(60)51-32-21-47-12-10-36(32)56-16-14-46-15-17-56/h2-13,19,21-22,24-26,30-31,40,46,49H,14-18,20,23H2,1H3,(H,51,60)(H,52,61). The maximum Gasteiger partial charge on any atom is 0.335 e. The Hall–Kier alpha value is -7.06. The van der Waals surface area contributed by atoms with E-state index in [1.165, 1.54) is 27.2 Å². The fraction of sp³-hybridized carbons (Fsp3) is 0.244. The van der Waals surface area contributed by atoms with E-state index in [1.54, 1.807) is 51.8 Å². The predicted octanol–water partition coefficient (Wildman–Crippen LogP) is 5.20. The zero-order valence-electron chi connectivity index (χ0n) is 34.6. The molecule has 3 aliphatic rings. The van der Waals surface area contributed by atoms with Crippen molar-refractivity contribution in [1.29, 1.82) is 0 Å². The first kappa shape index (κ1) is 39.8. The van der Waals surface area contributed by atoms with Crippen LogP contribution >= 0.6 is 22.7 Å². The topological polar surface area (TPSA) is 185 Å². The van der Waals surface area contributed by atoms with Crippen molar-refractivity contribution in [2.24, 2.45) is 18.9 Å². The lowest BCUT2D eigenvalue weighted by Crippen LogP contribution is -2.43. The molecular weight excluding hydrogens is 849 g/mol. The molecular formula is C45H42N14O3S2. The van der Waals surface area contributed by atoms with Crippen LogP contribution in [-0.4, -0.2) is 96.5 Å². The first-order valence-electron chi connectivity index (χ1n) is 21.0. The molecule has 3 aliphatic heterocycles. The van der Waals surface area contributed by atoms with Gasteiger partial charge < -0.3 is 31.1 Å². The van der Waals surface area contributed by atoms with Crippen molar-refractivity contribution >= 4 is 68.3 Å². The van der Waals surface area contributed by atoms with Crippen molar-refractivity contribution in [3.63, 3.8) is 0 Å². The molecule has 0 bridgehead atoms. The van der Waals surface area contributed by atoms with Crippen LogP contribution in [-0.2, 0) is 7.05 Å². The van der Waals surface area contributed by atoms with Crippen LogP contribution in [0, 0.1) is 11.8 Å². The number of pyridine rings is 2. The summed E-state index contributed by atoms with van der Waals surface area (Å²) in [4.78, 5) is 62.9. The van der Waals surface area contributed by atoms with Crippen LogP contribution in [0.15, 0.2) is 113 Å². The van der Waals surface area contributed by atoms with Gasteiger partial charge in [-0.05, 0) is 41.3 Å². The van der Waals surface area contributed by atoms with Crippen LogP contribution in [0.25, 0.3) is 32.4 Å². The molecule has 4 N–H and O–H groups in total. The Morgan fingerprint density at radius 3 is 2.17 bits per heavy atom. The van der Waals surface area contributed by atoms with Crippen molar-refractivity contribution in [3.8, 4) is 21.4 Å². The van der Waals surface area contributed by atoms with Gasteiger partial charge in [0.15, 0.2) is 5.13 Å². The quantitative estimate of drug-likeness (QED) is 0.141. The lowest BCUT2D eigenvalue weighted by atomic mass is 9.89. The van der Waals surface area contributed by atoms with Gasteiger partial charge in [0.05, 0.1) is 58.4 Å².